The molecule has 134 valence electrons. The van der Waals surface area contributed by atoms with E-state index in [2.05, 4.69) is 28.6 Å². The Kier molecular flexibility index (Phi) is 8.46. The molecular weight excluding hydrogens is 302 g/mol. The summed E-state index contributed by atoms with van der Waals surface area (Å²) in [4.78, 5) is 4.64. The van der Waals surface area contributed by atoms with Gasteiger partial charge in [0.05, 0.1) is 13.2 Å². The maximum absolute atomic E-state index is 5.65. The number of guanidine groups is 1. The van der Waals surface area contributed by atoms with Crippen LogP contribution in [-0.2, 0) is 11.3 Å². The van der Waals surface area contributed by atoms with Crippen molar-refractivity contribution >= 4 is 5.96 Å². The molecule has 0 atom stereocenters. The first-order valence-corrected chi connectivity index (χ1v) is 9.13. The molecular formula is C19H31N3O2. The van der Waals surface area contributed by atoms with Gasteiger partial charge in [-0.25, -0.2) is 4.99 Å². The normalized spacial score (nSPS) is 14.5. The van der Waals surface area contributed by atoms with E-state index in [4.69, 9.17) is 9.47 Å². The number of hydrogen-bond acceptors (Lipinski definition) is 3. The summed E-state index contributed by atoms with van der Waals surface area (Å²) < 4.78 is 11.2. The van der Waals surface area contributed by atoms with Crippen LogP contribution in [0.4, 0.5) is 0 Å². The molecule has 1 aromatic carbocycles. The maximum atomic E-state index is 5.65. The molecule has 1 fully saturated rings. The molecule has 0 unspecified atom stereocenters. The Hall–Kier alpha value is -1.75. The molecule has 0 bridgehead atoms. The molecule has 1 aliphatic carbocycles. The first kappa shape index (κ1) is 18.6. The van der Waals surface area contributed by atoms with Crippen LogP contribution in [0.5, 0.6) is 5.75 Å². The van der Waals surface area contributed by atoms with Crippen LogP contribution < -0.4 is 15.4 Å². The number of aliphatic imine (C=N–C) groups is 1. The average molecular weight is 333 g/mol. The lowest BCUT2D eigenvalue weighted by molar-refractivity contribution is 0.123. The van der Waals surface area contributed by atoms with Crippen molar-refractivity contribution in [3.63, 3.8) is 0 Å². The SMILES string of the molecule is CCNC(=NCc1cccc(OCC)c1)NCCCOCC1CC1. The van der Waals surface area contributed by atoms with Crippen LogP contribution in [0.15, 0.2) is 29.3 Å². The Morgan fingerprint density at radius 2 is 2.12 bits per heavy atom. The first-order chi connectivity index (χ1) is 11.8. The van der Waals surface area contributed by atoms with Gasteiger partial charge in [0.25, 0.3) is 0 Å². The second-order valence-electron chi connectivity index (χ2n) is 6.07. The van der Waals surface area contributed by atoms with Crippen molar-refractivity contribution in [3.8, 4) is 5.75 Å². The Morgan fingerprint density at radius 3 is 2.88 bits per heavy atom. The quantitative estimate of drug-likeness (QED) is 0.371. The van der Waals surface area contributed by atoms with Gasteiger partial charge in [0.2, 0.25) is 0 Å². The van der Waals surface area contributed by atoms with Gasteiger partial charge in [-0.15, -0.1) is 0 Å². The molecule has 5 heteroatoms. The van der Waals surface area contributed by atoms with Crippen LogP contribution in [-0.4, -0.2) is 38.9 Å². The van der Waals surface area contributed by atoms with Crippen molar-refractivity contribution in [1.82, 2.24) is 10.6 Å². The van der Waals surface area contributed by atoms with E-state index in [1.807, 2.05) is 25.1 Å². The number of rotatable bonds is 11. The Balaban J connectivity index is 1.71. The molecule has 0 amide bonds. The molecule has 0 aliphatic heterocycles. The average Bonchev–Trinajstić information content (AvgIpc) is 3.40. The van der Waals surface area contributed by atoms with Gasteiger partial charge in [-0.05, 0) is 56.7 Å². The lowest BCUT2D eigenvalue weighted by Gasteiger charge is -2.11. The van der Waals surface area contributed by atoms with Crippen LogP contribution in [0.3, 0.4) is 0 Å². The first-order valence-electron chi connectivity index (χ1n) is 9.13. The lowest BCUT2D eigenvalue weighted by Crippen LogP contribution is -2.38. The highest BCUT2D eigenvalue weighted by Gasteiger charge is 2.20. The van der Waals surface area contributed by atoms with Gasteiger partial charge in [-0.3, -0.25) is 0 Å². The molecule has 0 heterocycles. The van der Waals surface area contributed by atoms with Crippen LogP contribution in [0, 0.1) is 5.92 Å². The second-order valence-corrected chi connectivity index (χ2v) is 6.07. The van der Waals surface area contributed by atoms with E-state index in [0.29, 0.717) is 13.2 Å². The number of hydrogen-bond donors (Lipinski definition) is 2. The Bertz CT molecular complexity index is 501. The number of nitrogens with zero attached hydrogens (tertiary/aromatic N) is 1. The Morgan fingerprint density at radius 1 is 1.25 bits per heavy atom. The maximum Gasteiger partial charge on any atom is 0.191 e. The minimum atomic E-state index is 0.633. The summed E-state index contributed by atoms with van der Waals surface area (Å²) >= 11 is 0. The summed E-state index contributed by atoms with van der Waals surface area (Å²) in [5, 5.41) is 6.64. The van der Waals surface area contributed by atoms with E-state index in [1.165, 1.54) is 12.8 Å². The Labute approximate surface area is 145 Å². The fourth-order valence-electron chi connectivity index (χ4n) is 2.33. The predicted molar refractivity (Wildman–Crippen MR) is 98.6 cm³/mol. The van der Waals surface area contributed by atoms with Gasteiger partial charge in [-0.2, -0.15) is 0 Å². The summed E-state index contributed by atoms with van der Waals surface area (Å²) in [6.45, 7) is 8.86. The monoisotopic (exact) mass is 333 g/mol. The summed E-state index contributed by atoms with van der Waals surface area (Å²) in [5.41, 5.74) is 1.14. The molecule has 2 rings (SSSR count). The van der Waals surface area contributed by atoms with Crippen LogP contribution in [0.2, 0.25) is 0 Å². The van der Waals surface area contributed by atoms with Gasteiger partial charge in [-0.1, -0.05) is 12.1 Å². The number of ether oxygens (including phenoxy) is 2. The molecule has 0 saturated heterocycles. The second kappa shape index (κ2) is 10.9. The number of nitrogens with one attached hydrogen (secondary N) is 2. The highest BCUT2D eigenvalue weighted by molar-refractivity contribution is 5.79. The molecule has 5 nitrogen and oxygen atoms in total. The molecule has 0 aromatic heterocycles. The van der Waals surface area contributed by atoms with Gasteiger partial charge in [0.1, 0.15) is 5.75 Å². The summed E-state index contributed by atoms with van der Waals surface area (Å²) in [5.74, 6) is 2.58. The zero-order valence-corrected chi connectivity index (χ0v) is 15.0. The topological polar surface area (TPSA) is 54.9 Å². The standard InChI is InChI=1S/C19H31N3O2/c1-3-20-19(21-11-6-12-23-15-16-9-10-16)22-14-17-7-5-8-18(13-17)24-4-2/h5,7-8,13,16H,3-4,6,9-12,14-15H2,1-2H3,(H2,20,21,22). The van der Waals surface area contributed by atoms with Gasteiger partial charge in [0, 0.05) is 26.3 Å². The highest BCUT2D eigenvalue weighted by atomic mass is 16.5. The molecule has 0 radical (unpaired) electrons. The van der Waals surface area contributed by atoms with Gasteiger partial charge < -0.3 is 20.1 Å². The molecule has 0 spiro atoms. The molecule has 1 saturated carbocycles. The fraction of sp³-hybridized carbons (Fsp3) is 0.632. The highest BCUT2D eigenvalue weighted by Crippen LogP contribution is 2.28. The smallest absolute Gasteiger partial charge is 0.191 e. The molecule has 2 N–H and O–H groups in total. The third kappa shape index (κ3) is 7.68. The van der Waals surface area contributed by atoms with Crippen molar-refractivity contribution in [2.24, 2.45) is 10.9 Å². The summed E-state index contributed by atoms with van der Waals surface area (Å²) in [6, 6.07) is 8.10. The zero-order valence-electron chi connectivity index (χ0n) is 15.0. The van der Waals surface area contributed by atoms with Gasteiger partial charge in [0.15, 0.2) is 5.96 Å². The third-order valence-corrected chi connectivity index (χ3v) is 3.78. The van der Waals surface area contributed by atoms with Crippen molar-refractivity contribution in [2.75, 3.05) is 32.9 Å². The van der Waals surface area contributed by atoms with Crippen molar-refractivity contribution in [3.05, 3.63) is 29.8 Å². The van der Waals surface area contributed by atoms with Crippen molar-refractivity contribution < 1.29 is 9.47 Å². The summed E-state index contributed by atoms with van der Waals surface area (Å²) in [7, 11) is 0. The summed E-state index contributed by atoms with van der Waals surface area (Å²) in [6.07, 6.45) is 3.69. The minimum absolute atomic E-state index is 0.633. The molecule has 1 aliphatic rings. The molecule has 1 aromatic rings. The van der Waals surface area contributed by atoms with Crippen LogP contribution in [0.25, 0.3) is 0 Å². The van der Waals surface area contributed by atoms with Crippen molar-refractivity contribution in [1.29, 1.82) is 0 Å². The van der Waals surface area contributed by atoms with Crippen molar-refractivity contribution in [2.45, 2.75) is 39.7 Å². The largest absolute Gasteiger partial charge is 0.494 e. The van der Waals surface area contributed by atoms with E-state index < -0.39 is 0 Å². The van der Waals surface area contributed by atoms with Crippen LogP contribution in [0.1, 0.15) is 38.7 Å². The zero-order chi connectivity index (χ0) is 17.0. The van der Waals surface area contributed by atoms with E-state index in [9.17, 15) is 0 Å². The minimum Gasteiger partial charge on any atom is -0.494 e. The predicted octanol–water partition coefficient (Wildman–Crippen LogP) is 2.96. The van der Waals surface area contributed by atoms with Crippen LogP contribution >= 0.6 is 0 Å². The van der Waals surface area contributed by atoms with E-state index in [0.717, 1.165) is 55.9 Å². The number of benzene rings is 1. The van der Waals surface area contributed by atoms with E-state index in [1.54, 1.807) is 0 Å². The van der Waals surface area contributed by atoms with E-state index in [-0.39, 0.29) is 0 Å². The lowest BCUT2D eigenvalue weighted by atomic mass is 10.2. The van der Waals surface area contributed by atoms with Gasteiger partial charge >= 0.3 is 0 Å². The third-order valence-electron chi connectivity index (χ3n) is 3.78. The molecule has 24 heavy (non-hydrogen) atoms. The fourth-order valence-corrected chi connectivity index (χ4v) is 2.33. The van der Waals surface area contributed by atoms with E-state index >= 15 is 0 Å².